The van der Waals surface area contributed by atoms with Crippen LogP contribution in [0.15, 0.2) is 41.6 Å². The third kappa shape index (κ3) is 5.68. The normalized spacial score (nSPS) is 17.2. The van der Waals surface area contributed by atoms with E-state index in [4.69, 9.17) is 25.0 Å². The van der Waals surface area contributed by atoms with Gasteiger partial charge in [0.1, 0.15) is 12.4 Å². The minimum atomic E-state index is -0.145. The Kier molecular flexibility index (Phi) is 7.83. The van der Waals surface area contributed by atoms with Gasteiger partial charge in [0.05, 0.1) is 32.1 Å². The Morgan fingerprint density at radius 1 is 1.11 bits per heavy atom. The number of anilines is 1. The lowest BCUT2D eigenvalue weighted by Crippen LogP contribution is -2.38. The molecule has 11 nitrogen and oxygen atoms in total. The summed E-state index contributed by atoms with van der Waals surface area (Å²) in [6.45, 7) is 7.41. The minimum absolute atomic E-state index is 0.145. The van der Waals surface area contributed by atoms with Crippen molar-refractivity contribution in [3.8, 4) is 5.88 Å². The van der Waals surface area contributed by atoms with Gasteiger partial charge in [0.2, 0.25) is 5.88 Å². The fourth-order valence-electron chi connectivity index (χ4n) is 4.67. The van der Waals surface area contributed by atoms with Crippen LogP contribution in [-0.2, 0) is 9.47 Å². The van der Waals surface area contributed by atoms with E-state index in [9.17, 15) is 4.79 Å². The Morgan fingerprint density at radius 2 is 1.86 bits per heavy atom. The van der Waals surface area contributed by atoms with Crippen LogP contribution in [0, 0.1) is 0 Å². The lowest BCUT2D eigenvalue weighted by molar-refractivity contribution is 0.0320. The van der Waals surface area contributed by atoms with Gasteiger partial charge in [-0.15, -0.1) is 0 Å². The Hall–Kier alpha value is -3.67. The van der Waals surface area contributed by atoms with E-state index in [1.165, 1.54) is 0 Å². The zero-order valence-electron chi connectivity index (χ0n) is 21.0. The molecule has 4 N–H and O–H groups in total. The molecule has 5 rings (SSSR count). The number of nitrogens with one attached hydrogen (secondary N) is 2. The average molecular weight is 508 g/mol. The number of aromatic amines is 1. The summed E-state index contributed by atoms with van der Waals surface area (Å²) in [5.41, 5.74) is 3.63. The average Bonchev–Trinajstić information content (AvgIpc) is 3.37. The summed E-state index contributed by atoms with van der Waals surface area (Å²) in [5, 5.41) is 7.74. The topological polar surface area (TPSA) is 130 Å². The van der Waals surface area contributed by atoms with Crippen molar-refractivity contribution >= 4 is 28.3 Å². The van der Waals surface area contributed by atoms with Crippen molar-refractivity contribution in [2.75, 3.05) is 77.7 Å². The monoisotopic (exact) mass is 507 g/mol. The van der Waals surface area contributed by atoms with E-state index in [0.29, 0.717) is 37.0 Å². The number of nitrogens with zero attached hydrogens (tertiary/aromatic N) is 4. The third-order valence-electron chi connectivity index (χ3n) is 6.71. The first kappa shape index (κ1) is 25.0. The standard InChI is InChI=1S/C26H33N7O4/c1-28-26(34)18-2-3-20-21(17-29-22(20)14-18)25(31-27)19-15-23(33-7-11-36-12-8-33)30-24(16-19)37-13-6-32-4-9-35-10-5-32/h2-3,14-17,29H,4-13,27H2,1H3,(H,28,34). The smallest absolute Gasteiger partial charge is 0.251 e. The van der Waals surface area contributed by atoms with Gasteiger partial charge < -0.3 is 35.3 Å². The number of fused-ring (bicyclic) bond motifs is 1. The number of hydrogen-bond acceptors (Lipinski definition) is 9. The maximum absolute atomic E-state index is 12.1. The van der Waals surface area contributed by atoms with Crippen LogP contribution in [0.1, 0.15) is 21.5 Å². The number of ether oxygens (including phenoxy) is 3. The predicted molar refractivity (Wildman–Crippen MR) is 142 cm³/mol. The molecule has 3 aromatic rings. The number of nitrogens with two attached hydrogens (primary N) is 1. The molecule has 1 aromatic carbocycles. The van der Waals surface area contributed by atoms with Crippen LogP contribution in [-0.4, -0.2) is 99.3 Å². The Labute approximate surface area is 215 Å². The van der Waals surface area contributed by atoms with Crippen molar-refractivity contribution in [3.63, 3.8) is 0 Å². The molecule has 2 aliphatic heterocycles. The van der Waals surface area contributed by atoms with Crippen molar-refractivity contribution < 1.29 is 19.0 Å². The van der Waals surface area contributed by atoms with E-state index in [1.54, 1.807) is 13.1 Å². The van der Waals surface area contributed by atoms with Gasteiger partial charge in [0, 0.05) is 79.6 Å². The molecule has 4 heterocycles. The molecule has 2 saturated heterocycles. The number of amides is 1. The van der Waals surface area contributed by atoms with Crippen molar-refractivity contribution in [2.24, 2.45) is 10.9 Å². The number of carbonyl (C=O) groups excluding carboxylic acids is 1. The van der Waals surface area contributed by atoms with E-state index in [0.717, 1.165) is 73.8 Å². The molecule has 2 aliphatic rings. The number of aromatic nitrogens is 2. The van der Waals surface area contributed by atoms with Crippen LogP contribution in [0.5, 0.6) is 5.88 Å². The zero-order chi connectivity index (χ0) is 25.6. The summed E-state index contributed by atoms with van der Waals surface area (Å²) in [6.07, 6.45) is 1.86. The Morgan fingerprint density at radius 3 is 2.59 bits per heavy atom. The molecule has 37 heavy (non-hydrogen) atoms. The fourth-order valence-corrected chi connectivity index (χ4v) is 4.67. The van der Waals surface area contributed by atoms with Gasteiger partial charge in [-0.25, -0.2) is 0 Å². The van der Waals surface area contributed by atoms with Crippen LogP contribution in [0.2, 0.25) is 0 Å². The number of hydrazone groups is 1. The molecule has 0 radical (unpaired) electrons. The van der Waals surface area contributed by atoms with Crippen LogP contribution >= 0.6 is 0 Å². The first-order valence-corrected chi connectivity index (χ1v) is 12.6. The van der Waals surface area contributed by atoms with Gasteiger partial charge in [-0.05, 0) is 18.2 Å². The highest BCUT2D eigenvalue weighted by molar-refractivity contribution is 6.20. The highest BCUT2D eigenvalue weighted by Gasteiger charge is 2.20. The van der Waals surface area contributed by atoms with Crippen LogP contribution in [0.25, 0.3) is 10.9 Å². The van der Waals surface area contributed by atoms with E-state index in [1.807, 2.05) is 30.5 Å². The molecule has 2 aromatic heterocycles. The molecule has 196 valence electrons. The molecule has 0 unspecified atom stereocenters. The predicted octanol–water partition coefficient (Wildman–Crippen LogP) is 1.18. The summed E-state index contributed by atoms with van der Waals surface area (Å²) < 4.78 is 17.1. The summed E-state index contributed by atoms with van der Waals surface area (Å²) in [4.78, 5) is 24.6. The van der Waals surface area contributed by atoms with Crippen LogP contribution in [0.3, 0.4) is 0 Å². The first-order chi connectivity index (χ1) is 18.2. The minimum Gasteiger partial charge on any atom is -0.476 e. The molecule has 11 heteroatoms. The van der Waals surface area contributed by atoms with Gasteiger partial charge in [-0.1, -0.05) is 6.07 Å². The van der Waals surface area contributed by atoms with Crippen LogP contribution < -0.4 is 20.8 Å². The number of pyridine rings is 1. The number of rotatable bonds is 8. The SMILES string of the molecule is CNC(=O)c1ccc2c(C(=NN)c3cc(OCCN4CCOCC4)nc(N4CCOCC4)c3)c[nH]c2c1. The first-order valence-electron chi connectivity index (χ1n) is 12.6. The number of benzene rings is 1. The second kappa shape index (κ2) is 11.6. The largest absolute Gasteiger partial charge is 0.476 e. The second-order valence-corrected chi connectivity index (χ2v) is 8.97. The summed E-state index contributed by atoms with van der Waals surface area (Å²) in [6, 6.07) is 9.38. The van der Waals surface area contributed by atoms with Crippen molar-refractivity contribution in [3.05, 3.63) is 53.2 Å². The van der Waals surface area contributed by atoms with E-state index < -0.39 is 0 Å². The molecular weight excluding hydrogens is 474 g/mol. The molecular formula is C26H33N7O4. The lowest BCUT2D eigenvalue weighted by Gasteiger charge is -2.29. The van der Waals surface area contributed by atoms with Crippen molar-refractivity contribution in [2.45, 2.75) is 0 Å². The number of carbonyl (C=O) groups is 1. The van der Waals surface area contributed by atoms with E-state index in [2.05, 4.69) is 25.2 Å². The highest BCUT2D eigenvalue weighted by atomic mass is 16.5. The van der Waals surface area contributed by atoms with Gasteiger partial charge in [0.15, 0.2) is 0 Å². The third-order valence-corrected chi connectivity index (χ3v) is 6.71. The van der Waals surface area contributed by atoms with Gasteiger partial charge in [-0.3, -0.25) is 9.69 Å². The molecule has 0 spiro atoms. The van der Waals surface area contributed by atoms with E-state index in [-0.39, 0.29) is 5.91 Å². The van der Waals surface area contributed by atoms with E-state index >= 15 is 0 Å². The highest BCUT2D eigenvalue weighted by Crippen LogP contribution is 2.27. The van der Waals surface area contributed by atoms with Gasteiger partial charge in [0.25, 0.3) is 5.91 Å². The Bertz CT molecular complexity index is 1260. The molecule has 0 saturated carbocycles. The van der Waals surface area contributed by atoms with Crippen LogP contribution in [0.4, 0.5) is 5.82 Å². The molecule has 2 fully saturated rings. The Balaban J connectivity index is 1.44. The second-order valence-electron chi connectivity index (χ2n) is 8.97. The zero-order valence-corrected chi connectivity index (χ0v) is 21.0. The molecule has 0 bridgehead atoms. The number of morpholine rings is 2. The maximum atomic E-state index is 12.1. The summed E-state index contributed by atoms with van der Waals surface area (Å²) in [5.74, 6) is 7.13. The molecule has 0 atom stereocenters. The summed E-state index contributed by atoms with van der Waals surface area (Å²) in [7, 11) is 1.61. The molecule has 0 aliphatic carbocycles. The maximum Gasteiger partial charge on any atom is 0.251 e. The summed E-state index contributed by atoms with van der Waals surface area (Å²) >= 11 is 0. The number of hydrogen-bond donors (Lipinski definition) is 3. The fraction of sp³-hybridized carbons (Fsp3) is 0.423. The van der Waals surface area contributed by atoms with Gasteiger partial charge >= 0.3 is 0 Å². The van der Waals surface area contributed by atoms with Crippen molar-refractivity contribution in [1.29, 1.82) is 0 Å². The quantitative estimate of drug-likeness (QED) is 0.235. The van der Waals surface area contributed by atoms with Gasteiger partial charge in [-0.2, -0.15) is 10.1 Å². The molecule has 1 amide bonds. The lowest BCUT2D eigenvalue weighted by atomic mass is 10.0. The van der Waals surface area contributed by atoms with Crippen molar-refractivity contribution in [1.82, 2.24) is 20.2 Å². The number of H-pyrrole nitrogens is 1.